The van der Waals surface area contributed by atoms with E-state index in [-0.39, 0.29) is 24.9 Å². The summed E-state index contributed by atoms with van der Waals surface area (Å²) in [5.41, 5.74) is 0. The summed E-state index contributed by atoms with van der Waals surface area (Å²) in [6.45, 7) is 2.92. The smallest absolute Gasteiger partial charge is 0.307 e. The fraction of sp³-hybridized carbons (Fsp3) is 0.467. The van der Waals surface area contributed by atoms with Crippen LogP contribution in [0.5, 0.6) is 5.75 Å². The van der Waals surface area contributed by atoms with Crippen molar-refractivity contribution in [3.63, 3.8) is 0 Å². The lowest BCUT2D eigenvalue weighted by Crippen LogP contribution is -2.37. The highest BCUT2D eigenvalue weighted by molar-refractivity contribution is 5.78. The van der Waals surface area contributed by atoms with Crippen LogP contribution in [0, 0.1) is 0 Å². The lowest BCUT2D eigenvalue weighted by Gasteiger charge is -2.21. The average Bonchev–Trinajstić information content (AvgIpc) is 2.49. The van der Waals surface area contributed by atoms with Crippen molar-refractivity contribution in [2.45, 2.75) is 19.8 Å². The van der Waals surface area contributed by atoms with Gasteiger partial charge in [-0.05, 0) is 18.6 Å². The highest BCUT2D eigenvalue weighted by Crippen LogP contribution is 2.08. The molecule has 0 saturated carbocycles. The minimum Gasteiger partial charge on any atom is -0.484 e. The Hall–Kier alpha value is -2.04. The van der Waals surface area contributed by atoms with Gasteiger partial charge in [0.05, 0.1) is 13.5 Å². The average molecular weight is 279 g/mol. The minimum atomic E-state index is -0.317. The topological polar surface area (TPSA) is 55.8 Å². The van der Waals surface area contributed by atoms with Crippen LogP contribution in [0.2, 0.25) is 0 Å². The molecule has 0 heterocycles. The van der Waals surface area contributed by atoms with Gasteiger partial charge in [-0.25, -0.2) is 0 Å². The molecular formula is C15H21NO4. The molecule has 110 valence electrons. The van der Waals surface area contributed by atoms with Gasteiger partial charge in [0, 0.05) is 13.1 Å². The first-order valence-corrected chi connectivity index (χ1v) is 6.69. The first-order valence-electron chi connectivity index (χ1n) is 6.69. The molecule has 1 rings (SSSR count). The van der Waals surface area contributed by atoms with Crippen molar-refractivity contribution in [1.82, 2.24) is 4.90 Å². The molecule has 5 nitrogen and oxygen atoms in total. The number of methoxy groups -OCH3 is 1. The van der Waals surface area contributed by atoms with E-state index in [2.05, 4.69) is 4.74 Å². The Kier molecular flexibility index (Phi) is 7.17. The number of benzene rings is 1. The van der Waals surface area contributed by atoms with Gasteiger partial charge < -0.3 is 14.4 Å². The Morgan fingerprint density at radius 2 is 1.85 bits per heavy atom. The highest BCUT2D eigenvalue weighted by atomic mass is 16.5. The second kappa shape index (κ2) is 8.96. The fourth-order valence-electron chi connectivity index (χ4n) is 1.71. The maximum Gasteiger partial charge on any atom is 0.307 e. The normalized spacial score (nSPS) is 9.90. The van der Waals surface area contributed by atoms with E-state index < -0.39 is 0 Å². The van der Waals surface area contributed by atoms with E-state index in [1.54, 1.807) is 17.0 Å². The van der Waals surface area contributed by atoms with Crippen molar-refractivity contribution in [3.05, 3.63) is 30.3 Å². The first kappa shape index (κ1) is 16.0. The second-order valence-electron chi connectivity index (χ2n) is 4.31. The second-order valence-corrected chi connectivity index (χ2v) is 4.31. The van der Waals surface area contributed by atoms with Gasteiger partial charge in [0.25, 0.3) is 5.91 Å². The van der Waals surface area contributed by atoms with Crippen molar-refractivity contribution in [2.75, 3.05) is 26.8 Å². The van der Waals surface area contributed by atoms with E-state index in [4.69, 9.17) is 4.74 Å². The molecule has 0 aliphatic carbocycles. The van der Waals surface area contributed by atoms with Crippen molar-refractivity contribution in [2.24, 2.45) is 0 Å². The Labute approximate surface area is 119 Å². The summed E-state index contributed by atoms with van der Waals surface area (Å²) < 4.78 is 10.0. The Morgan fingerprint density at radius 3 is 2.45 bits per heavy atom. The van der Waals surface area contributed by atoms with Gasteiger partial charge in [-0.15, -0.1) is 0 Å². The Balaban J connectivity index is 2.44. The molecule has 1 aromatic rings. The zero-order chi connectivity index (χ0) is 14.8. The molecule has 0 N–H and O–H groups in total. The van der Waals surface area contributed by atoms with Crippen molar-refractivity contribution in [1.29, 1.82) is 0 Å². The van der Waals surface area contributed by atoms with Crippen molar-refractivity contribution in [3.8, 4) is 5.75 Å². The predicted octanol–water partition coefficient (Wildman–Crippen LogP) is 1.87. The third kappa shape index (κ3) is 5.73. The molecule has 0 fully saturated rings. The number of nitrogens with zero attached hydrogens (tertiary/aromatic N) is 1. The van der Waals surface area contributed by atoms with Gasteiger partial charge in [0.15, 0.2) is 6.61 Å². The van der Waals surface area contributed by atoms with Crippen LogP contribution in [0.1, 0.15) is 19.8 Å². The summed E-state index contributed by atoms with van der Waals surface area (Å²) >= 11 is 0. The molecule has 5 heteroatoms. The van der Waals surface area contributed by atoms with Crippen molar-refractivity contribution >= 4 is 11.9 Å². The third-order valence-corrected chi connectivity index (χ3v) is 2.77. The van der Waals surface area contributed by atoms with Gasteiger partial charge >= 0.3 is 5.97 Å². The van der Waals surface area contributed by atoms with Gasteiger partial charge in [0.1, 0.15) is 5.75 Å². The van der Waals surface area contributed by atoms with Gasteiger partial charge in [-0.3, -0.25) is 9.59 Å². The summed E-state index contributed by atoms with van der Waals surface area (Å²) in [6.07, 6.45) is 1.03. The van der Waals surface area contributed by atoms with E-state index in [1.807, 2.05) is 25.1 Å². The molecule has 0 aliphatic heterocycles. The quantitative estimate of drug-likeness (QED) is 0.682. The zero-order valence-electron chi connectivity index (χ0n) is 12.0. The van der Waals surface area contributed by atoms with E-state index in [1.165, 1.54) is 7.11 Å². The lowest BCUT2D eigenvalue weighted by molar-refractivity contribution is -0.142. The summed E-state index contributed by atoms with van der Waals surface area (Å²) in [6, 6.07) is 9.17. The van der Waals surface area contributed by atoms with Gasteiger partial charge in [-0.2, -0.15) is 0 Å². The van der Waals surface area contributed by atoms with Crippen LogP contribution in [-0.4, -0.2) is 43.6 Å². The molecule has 0 aromatic heterocycles. The van der Waals surface area contributed by atoms with Crippen LogP contribution in [0.15, 0.2) is 30.3 Å². The molecule has 0 aliphatic rings. The summed E-state index contributed by atoms with van der Waals surface area (Å²) in [4.78, 5) is 24.8. The van der Waals surface area contributed by atoms with Crippen LogP contribution in [-0.2, 0) is 14.3 Å². The van der Waals surface area contributed by atoms with Crippen LogP contribution in [0.4, 0.5) is 0 Å². The predicted molar refractivity (Wildman–Crippen MR) is 75.4 cm³/mol. The number of rotatable bonds is 8. The van der Waals surface area contributed by atoms with E-state index in [0.717, 1.165) is 6.42 Å². The zero-order valence-corrected chi connectivity index (χ0v) is 12.0. The SMILES string of the molecule is CCCN(CCC(=O)OC)C(=O)COc1ccccc1. The standard InChI is InChI=1S/C15H21NO4/c1-3-10-16(11-9-15(18)19-2)14(17)12-20-13-7-5-4-6-8-13/h4-8H,3,9-12H2,1-2H3. The lowest BCUT2D eigenvalue weighted by atomic mass is 10.3. The maximum atomic E-state index is 12.1. The summed E-state index contributed by atoms with van der Waals surface area (Å²) in [5.74, 6) is 0.216. The molecule has 0 saturated heterocycles. The molecular weight excluding hydrogens is 258 g/mol. The van der Waals surface area contributed by atoms with Crippen molar-refractivity contribution < 1.29 is 19.1 Å². The highest BCUT2D eigenvalue weighted by Gasteiger charge is 2.15. The van der Waals surface area contributed by atoms with Crippen LogP contribution in [0.25, 0.3) is 0 Å². The number of hydrogen-bond acceptors (Lipinski definition) is 4. The van der Waals surface area contributed by atoms with E-state index >= 15 is 0 Å². The summed E-state index contributed by atoms with van der Waals surface area (Å²) in [7, 11) is 1.34. The van der Waals surface area contributed by atoms with Gasteiger partial charge in [-0.1, -0.05) is 25.1 Å². The monoisotopic (exact) mass is 279 g/mol. The van der Waals surface area contributed by atoms with Crippen LogP contribution < -0.4 is 4.74 Å². The number of amides is 1. The number of hydrogen-bond donors (Lipinski definition) is 0. The van der Waals surface area contributed by atoms with Gasteiger partial charge in [0.2, 0.25) is 0 Å². The first-order chi connectivity index (χ1) is 9.67. The molecule has 0 radical (unpaired) electrons. The van der Waals surface area contributed by atoms with Crippen LogP contribution in [0.3, 0.4) is 0 Å². The Morgan fingerprint density at radius 1 is 1.15 bits per heavy atom. The Bertz CT molecular complexity index is 419. The number of esters is 1. The molecule has 20 heavy (non-hydrogen) atoms. The van der Waals surface area contributed by atoms with E-state index in [9.17, 15) is 9.59 Å². The molecule has 1 amide bonds. The maximum absolute atomic E-state index is 12.1. The molecule has 0 spiro atoms. The number of carbonyl (C=O) groups excluding carboxylic acids is 2. The molecule has 0 unspecified atom stereocenters. The number of ether oxygens (including phenoxy) is 2. The number of para-hydroxylation sites is 1. The molecule has 1 aromatic carbocycles. The third-order valence-electron chi connectivity index (χ3n) is 2.77. The number of carbonyl (C=O) groups is 2. The fourth-order valence-corrected chi connectivity index (χ4v) is 1.71. The summed E-state index contributed by atoms with van der Waals surface area (Å²) in [5, 5.41) is 0. The van der Waals surface area contributed by atoms with Crippen LogP contribution >= 0.6 is 0 Å². The minimum absolute atomic E-state index is 0.0226. The molecule has 0 bridgehead atoms. The molecule has 0 atom stereocenters. The van der Waals surface area contributed by atoms with E-state index in [0.29, 0.717) is 18.8 Å². The largest absolute Gasteiger partial charge is 0.484 e.